The predicted molar refractivity (Wildman–Crippen MR) is 116 cm³/mol. The summed E-state index contributed by atoms with van der Waals surface area (Å²) >= 11 is 1.34. The molecule has 0 bridgehead atoms. The summed E-state index contributed by atoms with van der Waals surface area (Å²) in [5.74, 6) is -0.423. The molecule has 0 aliphatic rings. The van der Waals surface area contributed by atoms with Crippen LogP contribution in [0.15, 0.2) is 70.3 Å². The molecule has 29 heavy (non-hydrogen) atoms. The van der Waals surface area contributed by atoms with Gasteiger partial charge in [0, 0.05) is 11.7 Å². The van der Waals surface area contributed by atoms with Gasteiger partial charge in [-0.15, -0.1) is 11.3 Å². The van der Waals surface area contributed by atoms with E-state index in [-0.39, 0.29) is 24.0 Å². The quantitative estimate of drug-likeness (QED) is 0.544. The number of aromatic nitrogens is 2. The zero-order valence-corrected chi connectivity index (χ0v) is 16.4. The number of benzene rings is 2. The summed E-state index contributed by atoms with van der Waals surface area (Å²) in [6.07, 6.45) is 0. The van der Waals surface area contributed by atoms with Gasteiger partial charge in [0.05, 0.1) is 11.4 Å². The van der Waals surface area contributed by atoms with Gasteiger partial charge in [0.25, 0.3) is 11.5 Å². The number of anilines is 2. The third-order valence-corrected chi connectivity index (χ3v) is 5.78. The van der Waals surface area contributed by atoms with Crippen molar-refractivity contribution in [3.05, 3.63) is 91.9 Å². The van der Waals surface area contributed by atoms with Crippen LogP contribution in [0.5, 0.6) is 0 Å². The lowest BCUT2D eigenvalue weighted by Crippen LogP contribution is -2.39. The minimum Gasteiger partial charge on any atom is -0.383 e. The van der Waals surface area contributed by atoms with E-state index in [0.717, 1.165) is 15.6 Å². The molecule has 0 aliphatic carbocycles. The molecule has 0 spiro atoms. The van der Waals surface area contributed by atoms with Gasteiger partial charge in [0.1, 0.15) is 5.82 Å². The van der Waals surface area contributed by atoms with E-state index in [2.05, 4.69) is 4.98 Å². The summed E-state index contributed by atoms with van der Waals surface area (Å²) in [5, 5.41) is 0.949. The molecular weight excluding hydrogens is 388 g/mol. The van der Waals surface area contributed by atoms with Crippen LogP contribution >= 0.6 is 11.3 Å². The van der Waals surface area contributed by atoms with Crippen LogP contribution < -0.4 is 21.9 Å². The van der Waals surface area contributed by atoms with Gasteiger partial charge in [-0.25, -0.2) is 4.79 Å². The van der Waals surface area contributed by atoms with Crippen LogP contribution in [0.25, 0.3) is 10.1 Å². The number of hydrogen-bond donors (Lipinski definition) is 2. The molecule has 3 N–H and O–H groups in total. The number of thiophene rings is 1. The summed E-state index contributed by atoms with van der Waals surface area (Å²) in [6, 6.07) is 18.7. The molecule has 1 amide bonds. The van der Waals surface area contributed by atoms with Gasteiger partial charge in [-0.05, 0) is 23.1 Å². The van der Waals surface area contributed by atoms with Gasteiger partial charge in [-0.3, -0.25) is 19.1 Å². The topological polar surface area (TPSA) is 101 Å². The molecule has 8 heteroatoms. The molecule has 0 saturated carbocycles. The summed E-state index contributed by atoms with van der Waals surface area (Å²) in [5.41, 5.74) is 5.65. The second-order valence-corrected chi connectivity index (χ2v) is 7.66. The number of rotatable bonds is 4. The Labute approximate surface area is 169 Å². The van der Waals surface area contributed by atoms with Crippen LogP contribution in [0, 0.1) is 0 Å². The van der Waals surface area contributed by atoms with Crippen LogP contribution in [-0.2, 0) is 6.54 Å². The molecule has 2 aromatic carbocycles. The Bertz CT molecular complexity index is 1290. The van der Waals surface area contributed by atoms with Crippen LogP contribution in [-0.4, -0.2) is 22.5 Å². The number of carbonyl (C=O) groups excluding carboxylic acids is 1. The SMILES string of the molecule is CN(C(=O)c1cc2ccccc2s1)c1c(N)n(Cc2ccccc2)c(=O)[nH]c1=O. The Morgan fingerprint density at radius 2 is 1.79 bits per heavy atom. The van der Waals surface area contributed by atoms with Crippen molar-refractivity contribution < 1.29 is 4.79 Å². The molecule has 4 aromatic rings. The average Bonchev–Trinajstić information content (AvgIpc) is 3.15. The van der Waals surface area contributed by atoms with E-state index in [1.165, 1.54) is 27.9 Å². The summed E-state index contributed by atoms with van der Waals surface area (Å²) in [4.78, 5) is 41.8. The highest BCUT2D eigenvalue weighted by atomic mass is 32.1. The van der Waals surface area contributed by atoms with Crippen molar-refractivity contribution in [1.82, 2.24) is 9.55 Å². The lowest BCUT2D eigenvalue weighted by Gasteiger charge is -2.20. The Morgan fingerprint density at radius 1 is 1.10 bits per heavy atom. The fraction of sp³-hybridized carbons (Fsp3) is 0.0952. The smallest absolute Gasteiger partial charge is 0.330 e. The van der Waals surface area contributed by atoms with Crippen molar-refractivity contribution in [3.8, 4) is 0 Å². The number of nitrogens with two attached hydrogens (primary N) is 1. The molecule has 146 valence electrons. The van der Waals surface area contributed by atoms with Crippen LogP contribution in [0.4, 0.5) is 11.5 Å². The van der Waals surface area contributed by atoms with Crippen molar-refractivity contribution in [2.75, 3.05) is 17.7 Å². The fourth-order valence-electron chi connectivity index (χ4n) is 3.18. The number of aromatic amines is 1. The maximum absolute atomic E-state index is 13.0. The molecule has 0 aliphatic heterocycles. The Kier molecular flexibility index (Phi) is 4.77. The van der Waals surface area contributed by atoms with Gasteiger partial charge in [-0.1, -0.05) is 48.5 Å². The van der Waals surface area contributed by atoms with Crippen molar-refractivity contribution in [1.29, 1.82) is 0 Å². The largest absolute Gasteiger partial charge is 0.383 e. The number of amides is 1. The monoisotopic (exact) mass is 406 g/mol. The van der Waals surface area contributed by atoms with Crippen molar-refractivity contribution in [2.24, 2.45) is 0 Å². The third kappa shape index (κ3) is 3.45. The molecule has 2 heterocycles. The standard InChI is InChI=1S/C21H18N4O3S/c1-24(20(27)16-11-14-9-5-6-10-15(14)29-16)17-18(22)25(21(28)23-19(17)26)12-13-7-3-2-4-8-13/h2-11H,12,22H2,1H3,(H,23,26,28). The first-order chi connectivity index (χ1) is 14.0. The first-order valence-corrected chi connectivity index (χ1v) is 9.70. The van der Waals surface area contributed by atoms with E-state index in [9.17, 15) is 14.4 Å². The molecule has 0 atom stereocenters. The maximum atomic E-state index is 13.0. The zero-order chi connectivity index (χ0) is 20.5. The van der Waals surface area contributed by atoms with E-state index in [1.54, 1.807) is 6.07 Å². The Morgan fingerprint density at radius 3 is 2.52 bits per heavy atom. The Hall–Kier alpha value is -3.65. The third-order valence-electron chi connectivity index (χ3n) is 4.67. The van der Waals surface area contributed by atoms with E-state index < -0.39 is 11.2 Å². The van der Waals surface area contributed by atoms with Gasteiger partial charge in [0.2, 0.25) is 0 Å². The van der Waals surface area contributed by atoms with Gasteiger partial charge in [0.15, 0.2) is 5.69 Å². The Balaban J connectivity index is 1.75. The second-order valence-electron chi connectivity index (χ2n) is 6.58. The van der Waals surface area contributed by atoms with E-state index in [0.29, 0.717) is 4.88 Å². The first-order valence-electron chi connectivity index (χ1n) is 8.89. The van der Waals surface area contributed by atoms with Gasteiger partial charge < -0.3 is 10.6 Å². The number of nitrogens with zero attached hydrogens (tertiary/aromatic N) is 2. The first kappa shape index (κ1) is 18.7. The minimum atomic E-state index is -0.700. The number of H-pyrrole nitrogens is 1. The molecule has 0 unspecified atom stereocenters. The van der Waals surface area contributed by atoms with Crippen LogP contribution in [0.3, 0.4) is 0 Å². The number of nitrogens with one attached hydrogen (secondary N) is 1. The lowest BCUT2D eigenvalue weighted by atomic mass is 10.2. The minimum absolute atomic E-state index is 0.0528. The van der Waals surface area contributed by atoms with Crippen molar-refractivity contribution in [3.63, 3.8) is 0 Å². The lowest BCUT2D eigenvalue weighted by molar-refractivity contribution is 0.0996. The average molecular weight is 406 g/mol. The maximum Gasteiger partial charge on any atom is 0.330 e. The summed E-state index contributed by atoms with van der Waals surface area (Å²) < 4.78 is 2.22. The van der Waals surface area contributed by atoms with Crippen LogP contribution in [0.2, 0.25) is 0 Å². The van der Waals surface area contributed by atoms with Gasteiger partial charge >= 0.3 is 5.69 Å². The fourth-order valence-corrected chi connectivity index (χ4v) is 4.22. The highest BCUT2D eigenvalue weighted by Crippen LogP contribution is 2.27. The normalized spacial score (nSPS) is 10.9. The number of fused-ring (bicyclic) bond motifs is 1. The molecule has 4 rings (SSSR count). The molecular formula is C21H18N4O3S. The van der Waals surface area contributed by atoms with Gasteiger partial charge in [-0.2, -0.15) is 0 Å². The molecule has 7 nitrogen and oxygen atoms in total. The summed E-state index contributed by atoms with van der Waals surface area (Å²) in [6.45, 7) is 0.181. The number of hydrogen-bond acceptors (Lipinski definition) is 5. The molecule has 0 fully saturated rings. The molecule has 2 aromatic heterocycles. The second kappa shape index (κ2) is 7.40. The van der Waals surface area contributed by atoms with Crippen molar-refractivity contribution >= 4 is 38.8 Å². The predicted octanol–water partition coefficient (Wildman–Crippen LogP) is 2.66. The van der Waals surface area contributed by atoms with Crippen LogP contribution in [0.1, 0.15) is 15.2 Å². The zero-order valence-electron chi connectivity index (χ0n) is 15.6. The summed E-state index contributed by atoms with van der Waals surface area (Å²) in [7, 11) is 1.48. The van der Waals surface area contributed by atoms with Crippen molar-refractivity contribution in [2.45, 2.75) is 6.54 Å². The highest BCUT2D eigenvalue weighted by molar-refractivity contribution is 7.20. The highest BCUT2D eigenvalue weighted by Gasteiger charge is 2.23. The van der Waals surface area contributed by atoms with E-state index in [1.807, 2.05) is 54.6 Å². The molecule has 0 radical (unpaired) electrons. The number of carbonyl (C=O) groups is 1. The van der Waals surface area contributed by atoms with E-state index in [4.69, 9.17) is 5.73 Å². The number of nitrogen functional groups attached to an aromatic ring is 1. The molecule has 0 saturated heterocycles. The van der Waals surface area contributed by atoms with E-state index >= 15 is 0 Å².